The molecule has 1 fully saturated rings. The lowest BCUT2D eigenvalue weighted by Gasteiger charge is -2.29. The van der Waals surface area contributed by atoms with Crippen LogP contribution in [0.4, 0.5) is 0 Å². The number of nitrogens with zero attached hydrogens (tertiary/aromatic N) is 1. The van der Waals surface area contributed by atoms with Crippen molar-refractivity contribution in [2.75, 3.05) is 33.4 Å². The van der Waals surface area contributed by atoms with E-state index in [4.69, 9.17) is 60.6 Å². The predicted octanol–water partition coefficient (Wildman–Crippen LogP) is 8.84. The van der Waals surface area contributed by atoms with Gasteiger partial charge in [-0.25, -0.2) is 0 Å². The molecule has 1 aliphatic carbocycles. The number of carbonyl (C=O) groups is 2. The molecule has 11 heteroatoms. The number of hydrogen-bond acceptors (Lipinski definition) is 6. The fourth-order valence-corrected chi connectivity index (χ4v) is 6.74. The lowest BCUT2D eigenvalue weighted by Crippen LogP contribution is -2.42. The summed E-state index contributed by atoms with van der Waals surface area (Å²) in [6, 6.07) is 17.0. The number of methoxy groups -OCH3 is 1. The van der Waals surface area contributed by atoms with Crippen LogP contribution in [-0.4, -0.2) is 56.2 Å². The molecule has 3 aromatic rings. The van der Waals surface area contributed by atoms with Gasteiger partial charge in [0, 0.05) is 19.1 Å². The van der Waals surface area contributed by atoms with Crippen LogP contribution >= 0.6 is 46.4 Å². The molecule has 48 heavy (non-hydrogen) atoms. The molecule has 1 N–H and O–H groups in total. The third-order valence-electron chi connectivity index (χ3n) is 8.47. The third kappa shape index (κ3) is 10.9. The Morgan fingerprint density at radius 3 is 2.23 bits per heavy atom. The molecule has 260 valence electrons. The van der Waals surface area contributed by atoms with Crippen LogP contribution in [0.15, 0.2) is 54.6 Å². The molecule has 7 nitrogen and oxygen atoms in total. The van der Waals surface area contributed by atoms with Crippen molar-refractivity contribution in [3.63, 3.8) is 0 Å². The molecule has 3 aromatic carbocycles. The van der Waals surface area contributed by atoms with Crippen LogP contribution in [0.25, 0.3) is 0 Å². The summed E-state index contributed by atoms with van der Waals surface area (Å²) >= 11 is 25.4. The standard InChI is InChI=1S/C37H44Cl4N2O5/c1-23(2)30(37(45)46-4)14-15-42-21-27(36(44)43(28-10-11-28)22-26-6-5-7-31(38)34(26)41)20-25-8-12-29(13-9-25)47-16-17-48-35-32(39)18-24(3)19-33(35)40/h5-9,12-13,18-19,23,27-28,30,42H,10-11,14-17,20-22H2,1-4H3. The zero-order valence-corrected chi connectivity index (χ0v) is 30.9. The van der Waals surface area contributed by atoms with Crippen molar-refractivity contribution >= 4 is 58.3 Å². The van der Waals surface area contributed by atoms with Crippen LogP contribution in [0, 0.1) is 24.7 Å². The Morgan fingerprint density at radius 2 is 1.60 bits per heavy atom. The molecule has 0 radical (unpaired) electrons. The van der Waals surface area contributed by atoms with Crippen molar-refractivity contribution in [2.45, 2.75) is 59.0 Å². The fraction of sp³-hybridized carbons (Fsp3) is 0.459. The van der Waals surface area contributed by atoms with E-state index in [9.17, 15) is 9.59 Å². The summed E-state index contributed by atoms with van der Waals surface area (Å²) in [6.45, 7) is 7.94. The highest BCUT2D eigenvalue weighted by Crippen LogP contribution is 2.35. The zero-order valence-electron chi connectivity index (χ0n) is 27.9. The van der Waals surface area contributed by atoms with Gasteiger partial charge in [0.2, 0.25) is 5.91 Å². The van der Waals surface area contributed by atoms with E-state index < -0.39 is 0 Å². The number of halogens is 4. The largest absolute Gasteiger partial charge is 0.490 e. The molecular formula is C37H44Cl4N2O5. The first-order valence-corrected chi connectivity index (χ1v) is 17.8. The normalized spacial score (nSPS) is 14.0. The summed E-state index contributed by atoms with van der Waals surface area (Å²) in [7, 11) is 1.42. The monoisotopic (exact) mass is 736 g/mol. The molecule has 2 atom stereocenters. The lowest BCUT2D eigenvalue weighted by molar-refractivity contribution is -0.147. The van der Waals surface area contributed by atoms with Gasteiger partial charge >= 0.3 is 5.97 Å². The molecule has 0 aromatic heterocycles. The molecule has 1 saturated carbocycles. The second-order valence-electron chi connectivity index (χ2n) is 12.6. The summed E-state index contributed by atoms with van der Waals surface area (Å²) in [5.74, 6) is 0.554. The van der Waals surface area contributed by atoms with Crippen LogP contribution in [0.3, 0.4) is 0 Å². The van der Waals surface area contributed by atoms with E-state index >= 15 is 0 Å². The summed E-state index contributed by atoms with van der Waals surface area (Å²) in [6.07, 6.45) is 3.05. The number of aryl methyl sites for hydroxylation is 1. The van der Waals surface area contributed by atoms with Crippen LogP contribution in [0.1, 0.15) is 49.8 Å². The third-order valence-corrected chi connectivity index (χ3v) is 9.89. The number of ether oxygens (including phenoxy) is 3. The number of esters is 1. The van der Waals surface area contributed by atoms with Crippen molar-refractivity contribution in [1.82, 2.24) is 10.2 Å². The molecule has 0 bridgehead atoms. The Kier molecular flexibility index (Phi) is 14.6. The van der Waals surface area contributed by atoms with Crippen molar-refractivity contribution in [2.24, 2.45) is 17.8 Å². The first-order valence-electron chi connectivity index (χ1n) is 16.3. The fourth-order valence-electron chi connectivity index (χ4n) is 5.65. The minimum atomic E-state index is -0.344. The van der Waals surface area contributed by atoms with Gasteiger partial charge in [-0.15, -0.1) is 0 Å². The SMILES string of the molecule is COC(=O)C(CCNCC(Cc1ccc(OCCOc2c(Cl)cc(C)cc2Cl)cc1)C(=O)N(Cc1cccc(Cl)c1Cl)C1CC1)C(C)C. The molecule has 4 rings (SSSR count). The molecule has 2 unspecified atom stereocenters. The molecule has 0 spiro atoms. The molecule has 0 aliphatic heterocycles. The minimum absolute atomic E-state index is 0.0559. The number of benzene rings is 3. The molecule has 0 heterocycles. The van der Waals surface area contributed by atoms with Crippen LogP contribution < -0.4 is 14.8 Å². The van der Waals surface area contributed by atoms with E-state index in [0.717, 1.165) is 29.5 Å². The van der Waals surface area contributed by atoms with Gasteiger partial charge in [0.1, 0.15) is 19.0 Å². The summed E-state index contributed by atoms with van der Waals surface area (Å²) in [5.41, 5.74) is 2.78. The van der Waals surface area contributed by atoms with E-state index in [2.05, 4.69) is 5.32 Å². The van der Waals surface area contributed by atoms with Gasteiger partial charge in [-0.2, -0.15) is 0 Å². The molecular weight excluding hydrogens is 694 g/mol. The summed E-state index contributed by atoms with van der Waals surface area (Å²) in [4.78, 5) is 28.4. The number of nitrogens with one attached hydrogen (secondary N) is 1. The maximum absolute atomic E-state index is 14.2. The molecule has 1 amide bonds. The topological polar surface area (TPSA) is 77.1 Å². The Labute approximate surface area is 304 Å². The number of hydrogen-bond donors (Lipinski definition) is 1. The second kappa shape index (κ2) is 18.4. The Morgan fingerprint density at radius 1 is 0.938 bits per heavy atom. The van der Waals surface area contributed by atoms with Crippen LogP contribution in [0.5, 0.6) is 11.5 Å². The first-order chi connectivity index (χ1) is 23.0. The Hall–Kier alpha value is -2.68. The highest BCUT2D eigenvalue weighted by Gasteiger charge is 2.36. The average molecular weight is 739 g/mol. The van der Waals surface area contributed by atoms with Crippen molar-refractivity contribution in [3.05, 3.63) is 91.4 Å². The summed E-state index contributed by atoms with van der Waals surface area (Å²) in [5, 5.41) is 5.32. The van der Waals surface area contributed by atoms with Gasteiger partial charge in [0.25, 0.3) is 0 Å². The highest BCUT2D eigenvalue weighted by molar-refractivity contribution is 6.42. The van der Waals surface area contributed by atoms with Gasteiger partial charge < -0.3 is 24.4 Å². The lowest BCUT2D eigenvalue weighted by atomic mass is 9.92. The van der Waals surface area contributed by atoms with Gasteiger partial charge in [0.05, 0.1) is 39.0 Å². The van der Waals surface area contributed by atoms with E-state index in [0.29, 0.717) is 70.7 Å². The maximum atomic E-state index is 14.2. The predicted molar refractivity (Wildman–Crippen MR) is 194 cm³/mol. The van der Waals surface area contributed by atoms with Gasteiger partial charge in [-0.3, -0.25) is 9.59 Å². The molecule has 1 aliphatic rings. The average Bonchev–Trinajstić information content (AvgIpc) is 3.89. The number of rotatable bonds is 18. The van der Waals surface area contributed by atoms with E-state index in [1.54, 1.807) is 18.2 Å². The maximum Gasteiger partial charge on any atom is 0.308 e. The quantitative estimate of drug-likeness (QED) is 0.104. The van der Waals surface area contributed by atoms with E-state index in [1.807, 2.05) is 62.1 Å². The number of amides is 1. The van der Waals surface area contributed by atoms with Crippen LogP contribution in [-0.2, 0) is 27.3 Å². The number of carbonyl (C=O) groups excluding carboxylic acids is 2. The Balaban J connectivity index is 1.41. The minimum Gasteiger partial charge on any atom is -0.490 e. The van der Waals surface area contributed by atoms with Crippen LogP contribution in [0.2, 0.25) is 20.1 Å². The zero-order chi connectivity index (χ0) is 34.8. The Bertz CT molecular complexity index is 1510. The van der Waals surface area contributed by atoms with Gasteiger partial charge in [0.15, 0.2) is 5.75 Å². The van der Waals surface area contributed by atoms with Gasteiger partial charge in [-0.05, 0) is 92.1 Å². The summed E-state index contributed by atoms with van der Waals surface area (Å²) < 4.78 is 16.7. The van der Waals surface area contributed by atoms with Crippen molar-refractivity contribution in [1.29, 1.82) is 0 Å². The van der Waals surface area contributed by atoms with E-state index in [-0.39, 0.29) is 42.3 Å². The van der Waals surface area contributed by atoms with E-state index in [1.165, 1.54) is 7.11 Å². The molecule has 0 saturated heterocycles. The smallest absolute Gasteiger partial charge is 0.308 e. The highest BCUT2D eigenvalue weighted by atomic mass is 35.5. The van der Waals surface area contributed by atoms with Gasteiger partial charge in [-0.1, -0.05) is 84.5 Å². The second-order valence-corrected chi connectivity index (χ2v) is 14.2. The first kappa shape index (κ1) is 38.1. The van der Waals surface area contributed by atoms with Crippen molar-refractivity contribution < 1.29 is 23.8 Å². The van der Waals surface area contributed by atoms with Crippen molar-refractivity contribution in [3.8, 4) is 11.5 Å².